The lowest BCUT2D eigenvalue weighted by molar-refractivity contribution is -0.125. The first-order chi connectivity index (χ1) is 14.6. The molecule has 1 aliphatic rings. The van der Waals surface area contributed by atoms with Crippen LogP contribution in [0.3, 0.4) is 0 Å². The third-order valence-electron chi connectivity index (χ3n) is 5.13. The molecule has 0 aliphatic carbocycles. The molecule has 0 bridgehead atoms. The number of anilines is 2. The molecule has 0 saturated heterocycles. The lowest BCUT2D eigenvalue weighted by Crippen LogP contribution is -2.45. The molecule has 0 fully saturated rings. The Labute approximate surface area is 176 Å². The van der Waals surface area contributed by atoms with E-state index < -0.39 is 6.10 Å². The van der Waals surface area contributed by atoms with Crippen molar-refractivity contribution in [2.45, 2.75) is 25.9 Å². The number of nitrogens with zero attached hydrogens (tertiary/aromatic N) is 1. The van der Waals surface area contributed by atoms with Crippen molar-refractivity contribution < 1.29 is 14.3 Å². The first kappa shape index (κ1) is 19.7. The normalized spacial score (nSPS) is 15.3. The summed E-state index contributed by atoms with van der Waals surface area (Å²) in [6, 6.07) is 25.1. The smallest absolute Gasteiger partial charge is 0.267 e. The van der Waals surface area contributed by atoms with Gasteiger partial charge in [0.25, 0.3) is 5.91 Å². The van der Waals surface area contributed by atoms with Gasteiger partial charge in [0.15, 0.2) is 6.10 Å². The van der Waals surface area contributed by atoms with Crippen molar-refractivity contribution in [3.8, 4) is 5.75 Å². The highest BCUT2D eigenvalue weighted by Gasteiger charge is 2.31. The Kier molecular flexibility index (Phi) is 5.80. The van der Waals surface area contributed by atoms with Gasteiger partial charge in [-0.2, -0.15) is 0 Å². The molecule has 152 valence electrons. The van der Waals surface area contributed by atoms with E-state index in [0.717, 1.165) is 12.0 Å². The van der Waals surface area contributed by atoms with E-state index in [1.165, 1.54) is 5.56 Å². The molecular formula is C25H24N2O3. The van der Waals surface area contributed by atoms with Gasteiger partial charge in [-0.1, -0.05) is 60.7 Å². The summed E-state index contributed by atoms with van der Waals surface area (Å²) in [5, 5.41) is 2.93. The fourth-order valence-electron chi connectivity index (χ4n) is 3.59. The predicted molar refractivity (Wildman–Crippen MR) is 118 cm³/mol. The van der Waals surface area contributed by atoms with Crippen molar-refractivity contribution in [3.63, 3.8) is 0 Å². The van der Waals surface area contributed by atoms with Crippen LogP contribution < -0.4 is 15.0 Å². The number of hydrogen-bond donors (Lipinski definition) is 1. The number of rotatable bonds is 6. The number of ether oxygens (including phenoxy) is 1. The second-order valence-electron chi connectivity index (χ2n) is 7.38. The lowest BCUT2D eigenvalue weighted by atomic mass is 10.1. The van der Waals surface area contributed by atoms with Crippen LogP contribution in [-0.2, 0) is 22.4 Å². The van der Waals surface area contributed by atoms with Crippen LogP contribution in [0.4, 0.5) is 11.4 Å². The minimum absolute atomic E-state index is 0.0776. The molecule has 1 heterocycles. The summed E-state index contributed by atoms with van der Waals surface area (Å²) >= 11 is 0. The molecule has 0 aromatic heterocycles. The Morgan fingerprint density at radius 3 is 2.33 bits per heavy atom. The Balaban J connectivity index is 1.51. The van der Waals surface area contributed by atoms with Crippen LogP contribution in [0.15, 0.2) is 78.9 Å². The van der Waals surface area contributed by atoms with E-state index in [1.807, 2.05) is 60.7 Å². The molecule has 2 amide bonds. The summed E-state index contributed by atoms with van der Waals surface area (Å²) in [4.78, 5) is 27.0. The third-order valence-corrected chi connectivity index (χ3v) is 5.13. The zero-order chi connectivity index (χ0) is 20.9. The fraction of sp³-hybridized carbons (Fsp3) is 0.200. The van der Waals surface area contributed by atoms with Gasteiger partial charge in [-0.15, -0.1) is 0 Å². The minimum Gasteiger partial charge on any atom is -0.479 e. The molecule has 4 rings (SSSR count). The van der Waals surface area contributed by atoms with Crippen molar-refractivity contribution in [3.05, 3.63) is 90.0 Å². The van der Waals surface area contributed by atoms with E-state index in [-0.39, 0.29) is 11.8 Å². The lowest BCUT2D eigenvalue weighted by Gasteiger charge is -2.33. The first-order valence-electron chi connectivity index (χ1n) is 10.1. The summed E-state index contributed by atoms with van der Waals surface area (Å²) < 4.78 is 5.78. The van der Waals surface area contributed by atoms with E-state index in [2.05, 4.69) is 17.4 Å². The molecule has 1 N–H and O–H groups in total. The number of fused-ring (bicyclic) bond motifs is 1. The zero-order valence-electron chi connectivity index (χ0n) is 16.9. The maximum Gasteiger partial charge on any atom is 0.267 e. The molecule has 3 aromatic rings. The van der Waals surface area contributed by atoms with Gasteiger partial charge < -0.3 is 15.0 Å². The molecular weight excluding hydrogens is 376 g/mol. The summed E-state index contributed by atoms with van der Waals surface area (Å²) in [5.41, 5.74) is 3.44. The number of carbonyl (C=O) groups is 2. The van der Waals surface area contributed by atoms with Crippen LogP contribution >= 0.6 is 0 Å². The highest BCUT2D eigenvalue weighted by Crippen LogP contribution is 2.36. The summed E-state index contributed by atoms with van der Waals surface area (Å²) in [6.07, 6.45) is 0.498. The van der Waals surface area contributed by atoms with Gasteiger partial charge in [0.05, 0.1) is 12.1 Å². The van der Waals surface area contributed by atoms with Gasteiger partial charge >= 0.3 is 0 Å². The summed E-state index contributed by atoms with van der Waals surface area (Å²) in [5.74, 6) is 0.468. The van der Waals surface area contributed by atoms with Crippen molar-refractivity contribution in [1.29, 1.82) is 0 Å². The maximum absolute atomic E-state index is 12.8. The van der Waals surface area contributed by atoms with Crippen LogP contribution in [0.25, 0.3) is 0 Å². The van der Waals surface area contributed by atoms with Gasteiger partial charge in [0.1, 0.15) is 5.75 Å². The molecule has 5 heteroatoms. The molecule has 0 spiro atoms. The quantitative estimate of drug-likeness (QED) is 0.674. The molecule has 1 atom stereocenters. The highest BCUT2D eigenvalue weighted by molar-refractivity contribution is 6.01. The fourth-order valence-corrected chi connectivity index (χ4v) is 3.59. The largest absolute Gasteiger partial charge is 0.479 e. The molecule has 1 aliphatic heterocycles. The maximum atomic E-state index is 12.8. The molecule has 1 unspecified atom stereocenters. The van der Waals surface area contributed by atoms with E-state index >= 15 is 0 Å². The monoisotopic (exact) mass is 400 g/mol. The molecule has 30 heavy (non-hydrogen) atoms. The number of nitrogens with one attached hydrogen (secondary N) is 1. The Bertz CT molecular complexity index is 1030. The topological polar surface area (TPSA) is 58.6 Å². The van der Waals surface area contributed by atoms with Crippen LogP contribution in [0, 0.1) is 0 Å². The van der Waals surface area contributed by atoms with Gasteiger partial charge in [0.2, 0.25) is 5.91 Å². The van der Waals surface area contributed by atoms with Gasteiger partial charge in [-0.3, -0.25) is 9.59 Å². The molecule has 0 saturated carbocycles. The van der Waals surface area contributed by atoms with E-state index in [9.17, 15) is 9.59 Å². The van der Waals surface area contributed by atoms with Crippen LogP contribution in [0.5, 0.6) is 5.75 Å². The Hall–Kier alpha value is -3.60. The van der Waals surface area contributed by atoms with Crippen LogP contribution in [0.2, 0.25) is 0 Å². The van der Waals surface area contributed by atoms with Crippen molar-refractivity contribution in [2.24, 2.45) is 0 Å². The minimum atomic E-state index is -0.535. The SMILES string of the molecule is CC1Oc2ccc(NC(=O)Cc3ccccc3)cc2N(CCc2ccccc2)C1=O. The zero-order valence-corrected chi connectivity index (χ0v) is 16.9. The predicted octanol–water partition coefficient (Wildman–Crippen LogP) is 4.22. The van der Waals surface area contributed by atoms with E-state index in [0.29, 0.717) is 30.1 Å². The van der Waals surface area contributed by atoms with Gasteiger partial charge in [-0.25, -0.2) is 0 Å². The molecule has 3 aromatic carbocycles. The Morgan fingerprint density at radius 2 is 1.63 bits per heavy atom. The van der Waals surface area contributed by atoms with Gasteiger partial charge in [-0.05, 0) is 42.7 Å². The summed E-state index contributed by atoms with van der Waals surface area (Å²) in [7, 11) is 0. The number of benzene rings is 3. The van der Waals surface area contributed by atoms with Crippen molar-refractivity contribution in [1.82, 2.24) is 0 Å². The summed E-state index contributed by atoms with van der Waals surface area (Å²) in [6.45, 7) is 2.31. The first-order valence-corrected chi connectivity index (χ1v) is 10.1. The second kappa shape index (κ2) is 8.82. The molecule has 5 nitrogen and oxygen atoms in total. The number of hydrogen-bond acceptors (Lipinski definition) is 3. The molecule has 0 radical (unpaired) electrons. The van der Waals surface area contributed by atoms with Crippen molar-refractivity contribution >= 4 is 23.2 Å². The number of amides is 2. The second-order valence-corrected chi connectivity index (χ2v) is 7.38. The van der Waals surface area contributed by atoms with Crippen molar-refractivity contribution in [2.75, 3.05) is 16.8 Å². The Morgan fingerprint density at radius 1 is 0.967 bits per heavy atom. The average molecular weight is 400 g/mol. The standard InChI is InChI=1S/C25H24N2O3/c1-18-25(29)27(15-14-19-8-4-2-5-9-19)22-17-21(12-13-23(22)30-18)26-24(28)16-20-10-6-3-7-11-20/h2-13,17-18H,14-16H2,1H3,(H,26,28). The third kappa shape index (κ3) is 4.51. The highest BCUT2D eigenvalue weighted by atomic mass is 16.5. The van der Waals surface area contributed by atoms with E-state index in [1.54, 1.807) is 17.9 Å². The van der Waals surface area contributed by atoms with Crippen LogP contribution in [-0.4, -0.2) is 24.5 Å². The van der Waals surface area contributed by atoms with Gasteiger partial charge in [0, 0.05) is 12.2 Å². The number of carbonyl (C=O) groups excluding carboxylic acids is 2. The van der Waals surface area contributed by atoms with E-state index in [4.69, 9.17) is 4.74 Å². The van der Waals surface area contributed by atoms with Crippen LogP contribution in [0.1, 0.15) is 18.1 Å². The average Bonchev–Trinajstić information content (AvgIpc) is 2.76.